The molecular formula is C27H24N6O. The largest absolute Gasteiger partial charge is 0.291 e. The Balaban J connectivity index is 1.37. The first-order valence-corrected chi connectivity index (χ1v) is 11.1. The van der Waals surface area contributed by atoms with Crippen molar-refractivity contribution in [3.8, 4) is 0 Å². The lowest BCUT2D eigenvalue weighted by Gasteiger charge is -2.24. The summed E-state index contributed by atoms with van der Waals surface area (Å²) in [4.78, 5) is 18.4. The first-order chi connectivity index (χ1) is 16.7. The Labute approximate surface area is 197 Å². The van der Waals surface area contributed by atoms with Gasteiger partial charge in [-0.15, -0.1) is 0 Å². The number of anilines is 2. The van der Waals surface area contributed by atoms with Gasteiger partial charge in [0.2, 0.25) is 5.95 Å². The fraction of sp³-hybridized carbons (Fsp3) is 0.111. The number of benzene rings is 3. The molecule has 34 heavy (non-hydrogen) atoms. The summed E-state index contributed by atoms with van der Waals surface area (Å²) in [5, 5.41) is 11.3. The van der Waals surface area contributed by atoms with Gasteiger partial charge in [-0.1, -0.05) is 72.8 Å². The monoisotopic (exact) mass is 448 g/mol. The normalized spacial score (nSPS) is 15.5. The third-order valence-corrected chi connectivity index (χ3v) is 5.61. The zero-order valence-electron chi connectivity index (χ0n) is 18.7. The van der Waals surface area contributed by atoms with Crippen molar-refractivity contribution in [3.63, 3.8) is 0 Å². The van der Waals surface area contributed by atoms with Crippen LogP contribution in [0, 0.1) is 6.92 Å². The number of rotatable bonds is 6. The Morgan fingerprint density at radius 1 is 1.00 bits per heavy atom. The van der Waals surface area contributed by atoms with Crippen molar-refractivity contribution < 1.29 is 0 Å². The highest BCUT2D eigenvalue weighted by atomic mass is 16.1. The molecule has 1 unspecified atom stereocenters. The summed E-state index contributed by atoms with van der Waals surface area (Å²) in [5.41, 5.74) is 8.54. The highest BCUT2D eigenvalue weighted by Crippen LogP contribution is 2.36. The van der Waals surface area contributed by atoms with Crippen LogP contribution in [-0.4, -0.2) is 21.9 Å². The minimum absolute atomic E-state index is 0.127. The van der Waals surface area contributed by atoms with Gasteiger partial charge in [0.05, 0.1) is 23.7 Å². The van der Waals surface area contributed by atoms with Crippen molar-refractivity contribution >= 4 is 23.6 Å². The summed E-state index contributed by atoms with van der Waals surface area (Å²) in [6.07, 6.45) is 2.52. The van der Waals surface area contributed by atoms with E-state index in [2.05, 4.69) is 61.9 Å². The second-order valence-corrected chi connectivity index (χ2v) is 8.08. The fourth-order valence-corrected chi connectivity index (χ4v) is 4.00. The van der Waals surface area contributed by atoms with E-state index >= 15 is 0 Å². The van der Waals surface area contributed by atoms with Gasteiger partial charge in [0.15, 0.2) is 0 Å². The minimum atomic E-state index is -0.219. The molecule has 1 aliphatic rings. The maximum absolute atomic E-state index is 11.5. The Kier molecular flexibility index (Phi) is 5.99. The van der Waals surface area contributed by atoms with Crippen molar-refractivity contribution in [2.75, 3.05) is 10.4 Å². The molecule has 0 saturated carbocycles. The topological polar surface area (TPSA) is 85.7 Å². The number of aromatic amines is 1. The van der Waals surface area contributed by atoms with Gasteiger partial charge in [-0.3, -0.25) is 14.8 Å². The second-order valence-electron chi connectivity index (χ2n) is 8.08. The van der Waals surface area contributed by atoms with E-state index in [-0.39, 0.29) is 11.6 Å². The Morgan fingerprint density at radius 2 is 1.71 bits per heavy atom. The Morgan fingerprint density at radius 3 is 2.41 bits per heavy atom. The standard InChI is InChI=1S/C27H24N6O/c1-19-16-26(34)30-27(29-19)31-28-18-20-12-14-23(15-13-20)33-25(22-10-6-3-7-11-22)17-24(32-33)21-8-4-2-5-9-21/h2-16,18,25H,17H2,1H3,(H2,29,30,31,34)/b28-18+. The smallest absolute Gasteiger partial charge is 0.252 e. The van der Waals surface area contributed by atoms with E-state index < -0.39 is 0 Å². The van der Waals surface area contributed by atoms with Gasteiger partial charge in [-0.25, -0.2) is 10.4 Å². The molecule has 4 aromatic rings. The third-order valence-electron chi connectivity index (χ3n) is 5.61. The van der Waals surface area contributed by atoms with Crippen LogP contribution in [0.4, 0.5) is 11.6 Å². The van der Waals surface area contributed by atoms with Crippen molar-refractivity contribution in [1.82, 2.24) is 9.97 Å². The number of nitrogens with zero attached hydrogens (tertiary/aromatic N) is 4. The minimum Gasteiger partial charge on any atom is -0.291 e. The van der Waals surface area contributed by atoms with Crippen molar-refractivity contribution in [2.24, 2.45) is 10.2 Å². The number of hydrazone groups is 2. The third kappa shape index (κ3) is 4.78. The number of hydrogen-bond acceptors (Lipinski definition) is 6. The van der Waals surface area contributed by atoms with E-state index in [0.29, 0.717) is 11.6 Å². The lowest BCUT2D eigenvalue weighted by atomic mass is 9.98. The summed E-state index contributed by atoms with van der Waals surface area (Å²) < 4.78 is 0. The molecule has 5 rings (SSSR count). The highest BCUT2D eigenvalue weighted by molar-refractivity contribution is 6.03. The maximum atomic E-state index is 11.5. The quantitative estimate of drug-likeness (QED) is 0.325. The van der Waals surface area contributed by atoms with Crippen LogP contribution < -0.4 is 16.0 Å². The summed E-state index contributed by atoms with van der Waals surface area (Å²) in [7, 11) is 0. The molecule has 1 atom stereocenters. The van der Waals surface area contributed by atoms with Crippen LogP contribution in [0.25, 0.3) is 0 Å². The molecule has 0 spiro atoms. The molecule has 0 saturated heterocycles. The second kappa shape index (κ2) is 9.54. The van der Waals surface area contributed by atoms with Gasteiger partial charge in [0.25, 0.3) is 5.56 Å². The van der Waals surface area contributed by atoms with E-state index in [1.165, 1.54) is 11.6 Å². The molecule has 0 fully saturated rings. The first kappa shape index (κ1) is 21.3. The number of aryl methyl sites for hydroxylation is 1. The highest BCUT2D eigenvalue weighted by Gasteiger charge is 2.29. The SMILES string of the molecule is Cc1cc(=O)[nH]c(N/N=C/c2ccc(N3N=C(c4ccccc4)CC3c3ccccc3)cc2)n1. The predicted octanol–water partition coefficient (Wildman–Crippen LogP) is 4.88. The molecule has 0 radical (unpaired) electrons. The summed E-state index contributed by atoms with van der Waals surface area (Å²) >= 11 is 0. The van der Waals surface area contributed by atoms with E-state index in [4.69, 9.17) is 5.10 Å². The van der Waals surface area contributed by atoms with Gasteiger partial charge in [-0.2, -0.15) is 10.2 Å². The van der Waals surface area contributed by atoms with Gasteiger partial charge < -0.3 is 0 Å². The van der Waals surface area contributed by atoms with Crippen LogP contribution in [0.3, 0.4) is 0 Å². The summed E-state index contributed by atoms with van der Waals surface area (Å²) in [6, 6.07) is 30.4. The zero-order valence-corrected chi connectivity index (χ0v) is 18.7. The average Bonchev–Trinajstić information content (AvgIpc) is 3.31. The Hall–Kier alpha value is -4.52. The zero-order chi connectivity index (χ0) is 23.3. The Bertz CT molecular complexity index is 1380. The van der Waals surface area contributed by atoms with Crippen LogP contribution in [-0.2, 0) is 0 Å². The molecule has 0 bridgehead atoms. The van der Waals surface area contributed by atoms with E-state index in [9.17, 15) is 4.79 Å². The molecule has 168 valence electrons. The number of nitrogens with one attached hydrogen (secondary N) is 2. The fourth-order valence-electron chi connectivity index (χ4n) is 4.00. The molecule has 0 aliphatic carbocycles. The van der Waals surface area contributed by atoms with Gasteiger partial charge in [-0.05, 0) is 35.7 Å². The molecular weight excluding hydrogens is 424 g/mol. The first-order valence-electron chi connectivity index (χ1n) is 11.1. The van der Waals surface area contributed by atoms with Crippen LogP contribution in [0.2, 0.25) is 0 Å². The molecule has 3 aromatic carbocycles. The summed E-state index contributed by atoms with van der Waals surface area (Å²) in [6.45, 7) is 1.76. The van der Waals surface area contributed by atoms with E-state index in [0.717, 1.165) is 28.9 Å². The van der Waals surface area contributed by atoms with Crippen LogP contribution in [0.1, 0.15) is 34.8 Å². The van der Waals surface area contributed by atoms with Crippen molar-refractivity contribution in [2.45, 2.75) is 19.4 Å². The van der Waals surface area contributed by atoms with Crippen LogP contribution in [0.15, 0.2) is 106 Å². The number of hydrogen-bond donors (Lipinski definition) is 2. The molecule has 7 nitrogen and oxygen atoms in total. The van der Waals surface area contributed by atoms with Crippen molar-refractivity contribution in [3.05, 3.63) is 124 Å². The van der Waals surface area contributed by atoms with Crippen LogP contribution >= 0.6 is 0 Å². The molecule has 1 aliphatic heterocycles. The molecule has 1 aromatic heterocycles. The maximum Gasteiger partial charge on any atom is 0.252 e. The average molecular weight is 449 g/mol. The van der Waals surface area contributed by atoms with E-state index in [1.807, 2.05) is 48.5 Å². The molecule has 0 amide bonds. The number of aromatic nitrogens is 2. The molecule has 2 heterocycles. The lowest BCUT2D eigenvalue weighted by molar-refractivity contribution is 0.709. The lowest BCUT2D eigenvalue weighted by Crippen LogP contribution is -2.18. The van der Waals surface area contributed by atoms with Gasteiger partial charge in [0, 0.05) is 18.2 Å². The van der Waals surface area contributed by atoms with E-state index in [1.54, 1.807) is 13.1 Å². The molecule has 2 N–H and O–H groups in total. The van der Waals surface area contributed by atoms with Crippen molar-refractivity contribution in [1.29, 1.82) is 0 Å². The summed E-state index contributed by atoms with van der Waals surface area (Å²) in [5.74, 6) is 0.309. The van der Waals surface area contributed by atoms with Gasteiger partial charge >= 0.3 is 0 Å². The number of H-pyrrole nitrogens is 1. The van der Waals surface area contributed by atoms with Gasteiger partial charge in [0.1, 0.15) is 0 Å². The van der Waals surface area contributed by atoms with Crippen LogP contribution in [0.5, 0.6) is 0 Å². The predicted molar refractivity (Wildman–Crippen MR) is 137 cm³/mol. The molecule has 7 heteroatoms.